The third kappa shape index (κ3) is 5.41. The lowest BCUT2D eigenvalue weighted by atomic mass is 10.2. The van der Waals surface area contributed by atoms with Crippen LogP contribution in [0.2, 0.25) is 0 Å². The van der Waals surface area contributed by atoms with Crippen LogP contribution < -0.4 is 5.32 Å². The first-order chi connectivity index (χ1) is 9.98. The molecule has 0 radical (unpaired) electrons. The molecule has 1 aromatic rings. The van der Waals surface area contributed by atoms with E-state index >= 15 is 0 Å². The topological polar surface area (TPSA) is 66.5 Å². The Labute approximate surface area is 130 Å². The van der Waals surface area contributed by atoms with E-state index < -0.39 is 9.84 Å². The first-order valence-electron chi connectivity index (χ1n) is 7.23. The van der Waals surface area contributed by atoms with Gasteiger partial charge in [-0.2, -0.15) is 0 Å². The second kappa shape index (κ2) is 7.38. The first kappa shape index (κ1) is 16.5. The molecule has 0 spiro atoms. The molecule has 5 nitrogen and oxygen atoms in total. The third-order valence-electron chi connectivity index (χ3n) is 3.67. The SMILES string of the molecule is CCN(CCc1cccs1)CC(=O)NC1CCS(=O)(=O)C1. The average molecular weight is 330 g/mol. The van der Waals surface area contributed by atoms with E-state index in [2.05, 4.69) is 21.7 Å². The summed E-state index contributed by atoms with van der Waals surface area (Å²) in [5, 5.41) is 4.89. The normalized spacial score (nSPS) is 20.8. The van der Waals surface area contributed by atoms with Crippen molar-refractivity contribution in [1.29, 1.82) is 0 Å². The molecule has 1 saturated heterocycles. The molecule has 1 atom stereocenters. The molecule has 21 heavy (non-hydrogen) atoms. The van der Waals surface area contributed by atoms with Gasteiger partial charge in [0.15, 0.2) is 9.84 Å². The molecule has 1 aliphatic rings. The Morgan fingerprint density at radius 3 is 2.90 bits per heavy atom. The Balaban J connectivity index is 1.74. The van der Waals surface area contributed by atoms with E-state index in [4.69, 9.17) is 0 Å². The summed E-state index contributed by atoms with van der Waals surface area (Å²) in [7, 11) is -2.94. The summed E-state index contributed by atoms with van der Waals surface area (Å²) in [6.45, 7) is 4.01. The molecule has 2 rings (SSSR count). The molecule has 1 amide bonds. The molecule has 1 fully saturated rings. The molecule has 1 aromatic heterocycles. The van der Waals surface area contributed by atoms with E-state index in [0.717, 1.165) is 19.5 Å². The number of hydrogen-bond donors (Lipinski definition) is 1. The van der Waals surface area contributed by atoms with Crippen LogP contribution >= 0.6 is 11.3 Å². The predicted octanol–water partition coefficient (Wildman–Crippen LogP) is 0.916. The van der Waals surface area contributed by atoms with Gasteiger partial charge in [0, 0.05) is 17.5 Å². The molecular weight excluding hydrogens is 308 g/mol. The van der Waals surface area contributed by atoms with Crippen molar-refractivity contribution < 1.29 is 13.2 Å². The molecular formula is C14H22N2O3S2. The molecule has 0 aliphatic carbocycles. The molecule has 7 heteroatoms. The van der Waals surface area contributed by atoms with Crippen LogP contribution in [0.1, 0.15) is 18.2 Å². The average Bonchev–Trinajstić information content (AvgIpc) is 3.04. The second-order valence-electron chi connectivity index (χ2n) is 5.37. The molecule has 0 aromatic carbocycles. The van der Waals surface area contributed by atoms with Gasteiger partial charge in [-0.3, -0.25) is 9.69 Å². The summed E-state index contributed by atoms with van der Waals surface area (Å²) in [4.78, 5) is 15.4. The highest BCUT2D eigenvalue weighted by Crippen LogP contribution is 2.12. The maximum absolute atomic E-state index is 12.0. The number of amides is 1. The standard InChI is InChI=1S/C14H22N2O3S2/c1-2-16(7-5-13-4-3-8-20-13)10-14(17)15-12-6-9-21(18,19)11-12/h3-4,8,12H,2,5-7,9-11H2,1H3,(H,15,17). The molecule has 1 aliphatic heterocycles. The minimum absolute atomic E-state index is 0.0786. The number of likely N-dealkylation sites (N-methyl/N-ethyl adjacent to an activating group) is 1. The van der Waals surface area contributed by atoms with Gasteiger partial charge in [-0.1, -0.05) is 13.0 Å². The van der Waals surface area contributed by atoms with Gasteiger partial charge < -0.3 is 5.32 Å². The van der Waals surface area contributed by atoms with Crippen molar-refractivity contribution in [3.63, 3.8) is 0 Å². The molecule has 0 saturated carbocycles. The van der Waals surface area contributed by atoms with Crippen molar-refractivity contribution in [2.45, 2.75) is 25.8 Å². The molecule has 2 heterocycles. The van der Waals surface area contributed by atoms with E-state index in [9.17, 15) is 13.2 Å². The Hall–Kier alpha value is -0.920. The van der Waals surface area contributed by atoms with Gasteiger partial charge in [0.1, 0.15) is 0 Å². The third-order valence-corrected chi connectivity index (χ3v) is 6.37. The number of thiophene rings is 1. The van der Waals surface area contributed by atoms with Gasteiger partial charge >= 0.3 is 0 Å². The zero-order chi connectivity index (χ0) is 15.3. The summed E-state index contributed by atoms with van der Waals surface area (Å²) < 4.78 is 22.7. The fraction of sp³-hybridized carbons (Fsp3) is 0.643. The number of rotatable bonds is 7. The minimum Gasteiger partial charge on any atom is -0.351 e. The number of carbonyl (C=O) groups excluding carboxylic acids is 1. The number of nitrogens with one attached hydrogen (secondary N) is 1. The molecule has 118 valence electrons. The summed E-state index contributed by atoms with van der Waals surface area (Å²) in [6, 6.07) is 3.92. The highest BCUT2D eigenvalue weighted by atomic mass is 32.2. The lowest BCUT2D eigenvalue weighted by Gasteiger charge is -2.20. The van der Waals surface area contributed by atoms with Gasteiger partial charge in [-0.15, -0.1) is 11.3 Å². The van der Waals surface area contributed by atoms with Gasteiger partial charge in [0.05, 0.1) is 18.1 Å². The number of carbonyl (C=O) groups is 1. The lowest BCUT2D eigenvalue weighted by molar-refractivity contribution is -0.122. The summed E-state index contributed by atoms with van der Waals surface area (Å²) in [5.41, 5.74) is 0. The quantitative estimate of drug-likeness (QED) is 0.807. The Morgan fingerprint density at radius 1 is 1.52 bits per heavy atom. The minimum atomic E-state index is -2.94. The van der Waals surface area contributed by atoms with Crippen molar-refractivity contribution in [3.05, 3.63) is 22.4 Å². The van der Waals surface area contributed by atoms with Crippen molar-refractivity contribution in [2.24, 2.45) is 0 Å². The smallest absolute Gasteiger partial charge is 0.234 e. The van der Waals surface area contributed by atoms with E-state index in [0.29, 0.717) is 13.0 Å². The van der Waals surface area contributed by atoms with Crippen LogP contribution in [0, 0.1) is 0 Å². The Kier molecular flexibility index (Phi) is 5.78. The molecule has 1 unspecified atom stereocenters. The van der Waals surface area contributed by atoms with Crippen LogP contribution in [0.3, 0.4) is 0 Å². The van der Waals surface area contributed by atoms with Crippen LogP contribution in [-0.4, -0.2) is 56.4 Å². The summed E-state index contributed by atoms with van der Waals surface area (Å²) in [5.74, 6) is 0.193. The monoisotopic (exact) mass is 330 g/mol. The van der Waals surface area contributed by atoms with Crippen molar-refractivity contribution in [1.82, 2.24) is 10.2 Å². The van der Waals surface area contributed by atoms with Crippen LogP contribution in [0.5, 0.6) is 0 Å². The molecule has 1 N–H and O–H groups in total. The van der Waals surface area contributed by atoms with Crippen molar-refractivity contribution in [3.8, 4) is 0 Å². The summed E-state index contributed by atoms with van der Waals surface area (Å²) in [6.07, 6.45) is 1.48. The first-order valence-corrected chi connectivity index (χ1v) is 9.93. The number of nitrogens with zero attached hydrogens (tertiary/aromatic N) is 1. The lowest BCUT2D eigenvalue weighted by Crippen LogP contribution is -2.43. The van der Waals surface area contributed by atoms with Gasteiger partial charge in [-0.05, 0) is 30.8 Å². The van der Waals surface area contributed by atoms with Crippen molar-refractivity contribution in [2.75, 3.05) is 31.1 Å². The van der Waals surface area contributed by atoms with Gasteiger partial charge in [-0.25, -0.2) is 8.42 Å². The van der Waals surface area contributed by atoms with Crippen LogP contribution in [0.25, 0.3) is 0 Å². The summed E-state index contributed by atoms with van der Waals surface area (Å²) >= 11 is 1.73. The van der Waals surface area contributed by atoms with E-state index in [1.807, 2.05) is 13.0 Å². The largest absolute Gasteiger partial charge is 0.351 e. The second-order valence-corrected chi connectivity index (χ2v) is 8.63. The van der Waals surface area contributed by atoms with E-state index in [1.54, 1.807) is 11.3 Å². The zero-order valence-corrected chi connectivity index (χ0v) is 13.9. The Bertz CT molecular complexity index is 555. The van der Waals surface area contributed by atoms with E-state index in [1.165, 1.54) is 4.88 Å². The maximum atomic E-state index is 12.0. The van der Waals surface area contributed by atoms with Gasteiger partial charge in [0.2, 0.25) is 5.91 Å². The van der Waals surface area contributed by atoms with Gasteiger partial charge in [0.25, 0.3) is 0 Å². The molecule has 0 bridgehead atoms. The van der Waals surface area contributed by atoms with Crippen LogP contribution in [-0.2, 0) is 21.1 Å². The predicted molar refractivity (Wildman–Crippen MR) is 85.3 cm³/mol. The Morgan fingerprint density at radius 2 is 2.33 bits per heavy atom. The highest BCUT2D eigenvalue weighted by molar-refractivity contribution is 7.91. The zero-order valence-electron chi connectivity index (χ0n) is 12.2. The fourth-order valence-corrected chi connectivity index (χ4v) is 4.83. The number of sulfone groups is 1. The van der Waals surface area contributed by atoms with Crippen LogP contribution in [0.4, 0.5) is 0 Å². The van der Waals surface area contributed by atoms with Crippen molar-refractivity contribution >= 4 is 27.1 Å². The van der Waals surface area contributed by atoms with Crippen LogP contribution in [0.15, 0.2) is 17.5 Å². The fourth-order valence-electron chi connectivity index (χ4n) is 2.46. The van der Waals surface area contributed by atoms with E-state index in [-0.39, 0.29) is 23.5 Å². The highest BCUT2D eigenvalue weighted by Gasteiger charge is 2.29. The number of hydrogen-bond acceptors (Lipinski definition) is 5. The maximum Gasteiger partial charge on any atom is 0.234 e.